The van der Waals surface area contributed by atoms with Crippen LogP contribution in [0.2, 0.25) is 0 Å². The number of rotatable bonds is 6. The largest absolute Gasteiger partial charge is 0.322 e. The first-order chi connectivity index (χ1) is 15.0. The molecule has 1 saturated heterocycles. The molecule has 1 aliphatic rings. The molecule has 6 nitrogen and oxygen atoms in total. The van der Waals surface area contributed by atoms with Gasteiger partial charge in [0, 0.05) is 43.0 Å². The van der Waals surface area contributed by atoms with Crippen molar-refractivity contribution in [2.45, 2.75) is 33.2 Å². The maximum Gasteiger partial charge on any atom is 0.259 e. The number of nitrogens with one attached hydrogen (secondary N) is 1. The van der Waals surface area contributed by atoms with Crippen molar-refractivity contribution in [3.8, 4) is 5.82 Å². The maximum atomic E-state index is 13.2. The SMILES string of the molecule is Cc1c(CN2CCSCC2)cccc1NC(=O)c1cnn(-c2ccccn2)c1C(C)C. The number of anilines is 1. The van der Waals surface area contributed by atoms with E-state index < -0.39 is 0 Å². The van der Waals surface area contributed by atoms with E-state index in [2.05, 4.69) is 47.1 Å². The lowest BCUT2D eigenvalue weighted by atomic mass is 10.0. The van der Waals surface area contributed by atoms with E-state index in [1.165, 1.54) is 17.1 Å². The second kappa shape index (κ2) is 9.66. The van der Waals surface area contributed by atoms with Crippen LogP contribution in [-0.2, 0) is 6.54 Å². The normalized spacial score (nSPS) is 14.7. The van der Waals surface area contributed by atoms with Crippen molar-refractivity contribution < 1.29 is 4.79 Å². The summed E-state index contributed by atoms with van der Waals surface area (Å²) in [5.74, 6) is 3.07. The van der Waals surface area contributed by atoms with Gasteiger partial charge >= 0.3 is 0 Å². The number of carbonyl (C=O) groups excluding carboxylic acids is 1. The van der Waals surface area contributed by atoms with Crippen molar-refractivity contribution >= 4 is 23.4 Å². The minimum absolute atomic E-state index is 0.120. The molecule has 162 valence electrons. The van der Waals surface area contributed by atoms with Crippen molar-refractivity contribution in [1.29, 1.82) is 0 Å². The van der Waals surface area contributed by atoms with Crippen LogP contribution < -0.4 is 5.32 Å². The molecular formula is C24H29N5OS. The van der Waals surface area contributed by atoms with Gasteiger partial charge in [-0.25, -0.2) is 9.67 Å². The first kappa shape index (κ1) is 21.6. The second-order valence-electron chi connectivity index (χ2n) is 8.13. The fourth-order valence-electron chi connectivity index (χ4n) is 3.93. The molecule has 0 atom stereocenters. The molecule has 0 saturated carbocycles. The standard InChI is InChI=1S/C24H29N5OS/c1-17(2)23-20(15-26-29(23)22-9-4-5-10-25-22)24(30)27-21-8-6-7-19(18(21)3)16-28-11-13-31-14-12-28/h4-10,15,17H,11-14,16H2,1-3H3,(H,27,30). The van der Waals surface area contributed by atoms with Gasteiger partial charge in [-0.15, -0.1) is 0 Å². The number of hydrogen-bond donors (Lipinski definition) is 1. The van der Waals surface area contributed by atoms with Gasteiger partial charge in [0.1, 0.15) is 0 Å². The molecule has 3 heterocycles. The Morgan fingerprint density at radius 1 is 1.16 bits per heavy atom. The van der Waals surface area contributed by atoms with Crippen LogP contribution in [0.5, 0.6) is 0 Å². The summed E-state index contributed by atoms with van der Waals surface area (Å²) in [7, 11) is 0. The molecule has 2 aromatic heterocycles. The summed E-state index contributed by atoms with van der Waals surface area (Å²) in [6.07, 6.45) is 3.38. The number of amides is 1. The highest BCUT2D eigenvalue weighted by molar-refractivity contribution is 7.99. The lowest BCUT2D eigenvalue weighted by molar-refractivity contribution is 0.102. The van der Waals surface area contributed by atoms with Crippen molar-refractivity contribution in [3.05, 3.63) is 71.2 Å². The molecule has 1 N–H and O–H groups in total. The van der Waals surface area contributed by atoms with Crippen LogP contribution in [0.25, 0.3) is 5.82 Å². The van der Waals surface area contributed by atoms with Gasteiger partial charge in [-0.1, -0.05) is 32.0 Å². The van der Waals surface area contributed by atoms with Crippen molar-refractivity contribution in [3.63, 3.8) is 0 Å². The Labute approximate surface area is 188 Å². The topological polar surface area (TPSA) is 63.1 Å². The van der Waals surface area contributed by atoms with Crippen LogP contribution in [0.1, 0.15) is 46.9 Å². The molecule has 0 aliphatic carbocycles. The summed E-state index contributed by atoms with van der Waals surface area (Å²) >= 11 is 2.02. The van der Waals surface area contributed by atoms with E-state index in [1.54, 1.807) is 17.1 Å². The molecule has 1 fully saturated rings. The number of aromatic nitrogens is 3. The number of benzene rings is 1. The third kappa shape index (κ3) is 4.83. The number of carbonyl (C=O) groups is 1. The Morgan fingerprint density at radius 3 is 2.68 bits per heavy atom. The zero-order chi connectivity index (χ0) is 21.8. The van der Waals surface area contributed by atoms with Crippen molar-refractivity contribution in [2.75, 3.05) is 29.9 Å². The van der Waals surface area contributed by atoms with Gasteiger partial charge in [-0.05, 0) is 42.2 Å². The van der Waals surface area contributed by atoms with Crippen LogP contribution in [-0.4, -0.2) is 50.2 Å². The average Bonchev–Trinajstić information content (AvgIpc) is 3.24. The zero-order valence-electron chi connectivity index (χ0n) is 18.3. The molecule has 0 spiro atoms. The Morgan fingerprint density at radius 2 is 1.97 bits per heavy atom. The van der Waals surface area contributed by atoms with E-state index in [9.17, 15) is 4.79 Å². The summed E-state index contributed by atoms with van der Waals surface area (Å²) in [4.78, 5) is 20.1. The van der Waals surface area contributed by atoms with Gasteiger partial charge in [0.05, 0.1) is 17.5 Å². The Kier molecular flexibility index (Phi) is 6.73. The zero-order valence-corrected chi connectivity index (χ0v) is 19.2. The Balaban J connectivity index is 1.57. The molecule has 0 unspecified atom stereocenters. The molecule has 0 radical (unpaired) electrons. The monoisotopic (exact) mass is 435 g/mol. The lowest BCUT2D eigenvalue weighted by Crippen LogP contribution is -2.32. The van der Waals surface area contributed by atoms with E-state index >= 15 is 0 Å². The number of hydrogen-bond acceptors (Lipinski definition) is 5. The fraction of sp³-hybridized carbons (Fsp3) is 0.375. The lowest BCUT2D eigenvalue weighted by Gasteiger charge is -2.27. The van der Waals surface area contributed by atoms with E-state index in [0.717, 1.165) is 36.6 Å². The maximum absolute atomic E-state index is 13.2. The van der Waals surface area contributed by atoms with Crippen LogP contribution in [0.3, 0.4) is 0 Å². The van der Waals surface area contributed by atoms with Gasteiger partial charge in [0.25, 0.3) is 5.91 Å². The molecule has 7 heteroatoms. The molecule has 3 aromatic rings. The molecule has 31 heavy (non-hydrogen) atoms. The average molecular weight is 436 g/mol. The fourth-order valence-corrected chi connectivity index (χ4v) is 4.91. The molecule has 0 bridgehead atoms. The molecular weight excluding hydrogens is 406 g/mol. The highest BCUT2D eigenvalue weighted by atomic mass is 32.2. The van der Waals surface area contributed by atoms with Crippen LogP contribution in [0, 0.1) is 6.92 Å². The minimum atomic E-state index is -0.138. The van der Waals surface area contributed by atoms with E-state index in [4.69, 9.17) is 0 Å². The van der Waals surface area contributed by atoms with Gasteiger partial charge in [0.15, 0.2) is 5.82 Å². The molecule has 1 aliphatic heterocycles. The van der Waals surface area contributed by atoms with Crippen molar-refractivity contribution in [1.82, 2.24) is 19.7 Å². The third-order valence-corrected chi connectivity index (χ3v) is 6.60. The van der Waals surface area contributed by atoms with Gasteiger partial charge in [-0.3, -0.25) is 9.69 Å². The smallest absolute Gasteiger partial charge is 0.259 e. The Hall–Kier alpha value is -2.64. The quantitative estimate of drug-likeness (QED) is 0.618. The predicted octanol–water partition coefficient (Wildman–Crippen LogP) is 4.50. The second-order valence-corrected chi connectivity index (χ2v) is 9.36. The predicted molar refractivity (Wildman–Crippen MR) is 127 cm³/mol. The Bertz CT molecular complexity index is 1040. The van der Waals surface area contributed by atoms with Crippen LogP contribution in [0.4, 0.5) is 5.69 Å². The number of pyridine rings is 1. The van der Waals surface area contributed by atoms with E-state index in [1.807, 2.05) is 42.1 Å². The summed E-state index contributed by atoms with van der Waals surface area (Å²) in [6.45, 7) is 9.37. The van der Waals surface area contributed by atoms with Gasteiger partial charge in [0.2, 0.25) is 0 Å². The summed E-state index contributed by atoms with van der Waals surface area (Å²) in [5, 5.41) is 7.60. The number of nitrogens with zero attached hydrogens (tertiary/aromatic N) is 4. The number of thioether (sulfide) groups is 1. The summed E-state index contributed by atoms with van der Waals surface area (Å²) < 4.78 is 1.76. The van der Waals surface area contributed by atoms with E-state index in [0.29, 0.717) is 11.4 Å². The summed E-state index contributed by atoms with van der Waals surface area (Å²) in [5.41, 5.74) is 4.68. The van der Waals surface area contributed by atoms with Gasteiger partial charge < -0.3 is 5.32 Å². The van der Waals surface area contributed by atoms with Crippen LogP contribution in [0.15, 0.2) is 48.8 Å². The molecule has 1 aromatic carbocycles. The first-order valence-corrected chi connectivity index (χ1v) is 11.9. The summed E-state index contributed by atoms with van der Waals surface area (Å²) in [6, 6.07) is 11.8. The van der Waals surface area contributed by atoms with Gasteiger partial charge in [-0.2, -0.15) is 16.9 Å². The molecule has 1 amide bonds. The van der Waals surface area contributed by atoms with E-state index in [-0.39, 0.29) is 11.8 Å². The van der Waals surface area contributed by atoms with Crippen LogP contribution >= 0.6 is 11.8 Å². The minimum Gasteiger partial charge on any atom is -0.322 e. The highest BCUT2D eigenvalue weighted by Crippen LogP contribution is 2.26. The molecule has 4 rings (SSSR count). The first-order valence-electron chi connectivity index (χ1n) is 10.7. The highest BCUT2D eigenvalue weighted by Gasteiger charge is 2.22. The van der Waals surface area contributed by atoms with Crippen molar-refractivity contribution in [2.24, 2.45) is 0 Å². The third-order valence-electron chi connectivity index (χ3n) is 5.66.